The Morgan fingerprint density at radius 3 is 2.90 bits per heavy atom. The number of nitrogens with zero attached hydrogens (tertiary/aromatic N) is 2. The van der Waals surface area contributed by atoms with Crippen molar-refractivity contribution in [1.29, 1.82) is 0 Å². The monoisotopic (exact) mass is 277 g/mol. The minimum Gasteiger partial charge on any atom is -0.353 e. The van der Waals surface area contributed by atoms with Gasteiger partial charge in [0.15, 0.2) is 0 Å². The standard InChI is InChI=1S/C16H24FN3/c1-11-4-3-7-20(12(11)2)16-13(8-14(17)10-19-16)9-18-15-5-6-15/h8,10-12,15,18H,3-7,9H2,1-2H3. The Morgan fingerprint density at radius 1 is 1.35 bits per heavy atom. The number of rotatable bonds is 4. The summed E-state index contributed by atoms with van der Waals surface area (Å²) in [5, 5.41) is 3.47. The highest BCUT2D eigenvalue weighted by molar-refractivity contribution is 5.48. The van der Waals surface area contributed by atoms with Gasteiger partial charge in [-0.25, -0.2) is 9.37 Å². The predicted octanol–water partition coefficient (Wildman–Crippen LogP) is 3.10. The first kappa shape index (κ1) is 13.8. The van der Waals surface area contributed by atoms with Crippen LogP contribution in [0.4, 0.5) is 10.2 Å². The molecule has 1 saturated carbocycles. The third kappa shape index (κ3) is 2.95. The first-order valence-electron chi connectivity index (χ1n) is 7.79. The molecular weight excluding hydrogens is 253 g/mol. The third-order valence-corrected chi connectivity index (χ3v) is 4.71. The summed E-state index contributed by atoms with van der Waals surface area (Å²) in [4.78, 5) is 6.75. The average molecular weight is 277 g/mol. The second-order valence-electron chi connectivity index (χ2n) is 6.34. The fourth-order valence-electron chi connectivity index (χ4n) is 3.04. The van der Waals surface area contributed by atoms with E-state index in [4.69, 9.17) is 0 Å². The van der Waals surface area contributed by atoms with Gasteiger partial charge in [-0.3, -0.25) is 0 Å². The molecule has 2 aliphatic rings. The van der Waals surface area contributed by atoms with Gasteiger partial charge in [0.2, 0.25) is 0 Å². The molecule has 1 saturated heterocycles. The van der Waals surface area contributed by atoms with Crippen molar-refractivity contribution in [2.45, 2.75) is 58.2 Å². The summed E-state index contributed by atoms with van der Waals surface area (Å²) in [7, 11) is 0. The minimum absolute atomic E-state index is 0.237. The molecule has 2 atom stereocenters. The molecule has 110 valence electrons. The molecule has 1 aromatic rings. The molecule has 0 amide bonds. The van der Waals surface area contributed by atoms with Crippen molar-refractivity contribution in [3.8, 4) is 0 Å². The molecule has 3 nitrogen and oxygen atoms in total. The highest BCUT2D eigenvalue weighted by Crippen LogP contribution is 2.30. The maximum absolute atomic E-state index is 13.5. The fraction of sp³-hybridized carbons (Fsp3) is 0.688. The summed E-state index contributed by atoms with van der Waals surface area (Å²) in [5.74, 6) is 1.40. The molecule has 2 fully saturated rings. The van der Waals surface area contributed by atoms with Crippen LogP contribution in [-0.2, 0) is 6.54 Å². The molecule has 1 N–H and O–H groups in total. The largest absolute Gasteiger partial charge is 0.353 e. The van der Waals surface area contributed by atoms with Crippen molar-refractivity contribution in [2.75, 3.05) is 11.4 Å². The zero-order valence-corrected chi connectivity index (χ0v) is 12.4. The minimum atomic E-state index is -0.237. The quantitative estimate of drug-likeness (QED) is 0.916. The van der Waals surface area contributed by atoms with Gasteiger partial charge in [-0.05, 0) is 44.6 Å². The van der Waals surface area contributed by atoms with E-state index in [9.17, 15) is 4.39 Å². The van der Waals surface area contributed by atoms with Crippen LogP contribution >= 0.6 is 0 Å². The van der Waals surface area contributed by atoms with E-state index in [1.807, 2.05) is 0 Å². The molecule has 0 bridgehead atoms. The smallest absolute Gasteiger partial charge is 0.141 e. The number of piperidine rings is 1. The van der Waals surface area contributed by atoms with Gasteiger partial charge in [-0.2, -0.15) is 0 Å². The van der Waals surface area contributed by atoms with Crippen molar-refractivity contribution in [3.63, 3.8) is 0 Å². The first-order chi connectivity index (χ1) is 9.65. The number of pyridine rings is 1. The molecule has 0 spiro atoms. The Kier molecular flexibility index (Phi) is 3.92. The number of halogens is 1. The molecule has 2 unspecified atom stereocenters. The molecular formula is C16H24FN3. The van der Waals surface area contributed by atoms with Crippen LogP contribution in [0.25, 0.3) is 0 Å². The summed E-state index contributed by atoms with van der Waals surface area (Å²) in [6, 6.07) is 2.74. The van der Waals surface area contributed by atoms with Crippen LogP contribution in [-0.4, -0.2) is 23.6 Å². The summed E-state index contributed by atoms with van der Waals surface area (Å²) in [6.07, 6.45) is 6.31. The molecule has 1 aromatic heterocycles. The van der Waals surface area contributed by atoms with E-state index in [1.54, 1.807) is 6.07 Å². The van der Waals surface area contributed by atoms with Gasteiger partial charge < -0.3 is 10.2 Å². The van der Waals surface area contributed by atoms with Crippen molar-refractivity contribution in [2.24, 2.45) is 5.92 Å². The lowest BCUT2D eigenvalue weighted by Crippen LogP contribution is -2.43. The third-order valence-electron chi connectivity index (χ3n) is 4.71. The number of aromatic nitrogens is 1. The first-order valence-corrected chi connectivity index (χ1v) is 7.79. The van der Waals surface area contributed by atoms with E-state index in [0.717, 1.165) is 24.5 Å². The Bertz CT molecular complexity index is 473. The van der Waals surface area contributed by atoms with E-state index >= 15 is 0 Å². The van der Waals surface area contributed by atoms with Crippen molar-refractivity contribution < 1.29 is 4.39 Å². The molecule has 1 aliphatic carbocycles. The van der Waals surface area contributed by atoms with Crippen LogP contribution in [0.15, 0.2) is 12.3 Å². The van der Waals surface area contributed by atoms with E-state index in [2.05, 4.69) is 29.0 Å². The maximum atomic E-state index is 13.5. The van der Waals surface area contributed by atoms with Gasteiger partial charge in [0.1, 0.15) is 11.6 Å². The number of anilines is 1. The summed E-state index contributed by atoms with van der Waals surface area (Å²) < 4.78 is 13.5. The average Bonchev–Trinajstić information content (AvgIpc) is 3.24. The number of hydrogen-bond acceptors (Lipinski definition) is 3. The molecule has 4 heteroatoms. The zero-order valence-electron chi connectivity index (χ0n) is 12.4. The Hall–Kier alpha value is -1.16. The van der Waals surface area contributed by atoms with Gasteiger partial charge in [0.05, 0.1) is 6.20 Å². The van der Waals surface area contributed by atoms with Crippen LogP contribution in [0.5, 0.6) is 0 Å². The topological polar surface area (TPSA) is 28.2 Å². The van der Waals surface area contributed by atoms with E-state index in [1.165, 1.54) is 31.9 Å². The van der Waals surface area contributed by atoms with Crippen molar-refractivity contribution in [3.05, 3.63) is 23.6 Å². The van der Waals surface area contributed by atoms with Gasteiger partial charge in [0, 0.05) is 30.7 Å². The zero-order chi connectivity index (χ0) is 14.1. The Balaban J connectivity index is 1.82. The second-order valence-corrected chi connectivity index (χ2v) is 6.34. The van der Waals surface area contributed by atoms with Gasteiger partial charge >= 0.3 is 0 Å². The van der Waals surface area contributed by atoms with E-state index < -0.39 is 0 Å². The lowest BCUT2D eigenvalue weighted by atomic mass is 9.92. The molecule has 0 radical (unpaired) electrons. The Morgan fingerprint density at radius 2 is 2.15 bits per heavy atom. The summed E-state index contributed by atoms with van der Waals surface area (Å²) >= 11 is 0. The predicted molar refractivity (Wildman–Crippen MR) is 79.3 cm³/mol. The normalized spacial score (nSPS) is 26.9. The Labute approximate surface area is 120 Å². The van der Waals surface area contributed by atoms with Crippen LogP contribution in [0.1, 0.15) is 45.1 Å². The molecule has 3 rings (SSSR count). The van der Waals surface area contributed by atoms with E-state index in [-0.39, 0.29) is 5.82 Å². The lowest BCUT2D eigenvalue weighted by molar-refractivity contribution is 0.360. The summed E-state index contributed by atoms with van der Waals surface area (Å²) in [5.41, 5.74) is 0.998. The molecule has 2 heterocycles. The highest BCUT2D eigenvalue weighted by atomic mass is 19.1. The maximum Gasteiger partial charge on any atom is 0.141 e. The van der Waals surface area contributed by atoms with Crippen LogP contribution in [0, 0.1) is 11.7 Å². The molecule has 20 heavy (non-hydrogen) atoms. The van der Waals surface area contributed by atoms with Gasteiger partial charge in [-0.1, -0.05) is 6.92 Å². The number of hydrogen-bond donors (Lipinski definition) is 1. The van der Waals surface area contributed by atoms with Crippen molar-refractivity contribution >= 4 is 5.82 Å². The van der Waals surface area contributed by atoms with Crippen LogP contribution in [0.3, 0.4) is 0 Å². The van der Waals surface area contributed by atoms with Crippen molar-refractivity contribution in [1.82, 2.24) is 10.3 Å². The SMILES string of the molecule is CC1CCCN(c2ncc(F)cc2CNC2CC2)C1C. The molecule has 1 aliphatic heterocycles. The second kappa shape index (κ2) is 5.68. The lowest BCUT2D eigenvalue weighted by Gasteiger charge is -2.39. The van der Waals surface area contributed by atoms with Gasteiger partial charge in [-0.15, -0.1) is 0 Å². The molecule has 0 aromatic carbocycles. The van der Waals surface area contributed by atoms with E-state index in [0.29, 0.717) is 18.0 Å². The van der Waals surface area contributed by atoms with Crippen LogP contribution in [0.2, 0.25) is 0 Å². The number of nitrogens with one attached hydrogen (secondary N) is 1. The summed E-state index contributed by atoms with van der Waals surface area (Å²) in [6.45, 7) is 6.30. The highest BCUT2D eigenvalue weighted by Gasteiger charge is 2.28. The van der Waals surface area contributed by atoms with Gasteiger partial charge in [0.25, 0.3) is 0 Å². The van der Waals surface area contributed by atoms with Crippen LogP contribution < -0.4 is 10.2 Å². The fourth-order valence-corrected chi connectivity index (χ4v) is 3.04.